The van der Waals surface area contributed by atoms with Crippen molar-refractivity contribution in [2.45, 2.75) is 25.7 Å². The molecule has 0 heterocycles. The Hall–Kier alpha value is -3.17. The second kappa shape index (κ2) is 12.9. The Morgan fingerprint density at radius 3 is 1.68 bits per heavy atom. The van der Waals surface area contributed by atoms with Crippen LogP contribution < -0.4 is 32.7 Å². The summed E-state index contributed by atoms with van der Waals surface area (Å²) in [5.74, 6) is 0.363. The number of nitrogens with zero attached hydrogens (tertiary/aromatic N) is 1. The Kier molecular flexibility index (Phi) is 9.66. The first-order valence-electron chi connectivity index (χ1n) is 11.9. The van der Waals surface area contributed by atoms with E-state index >= 15 is 0 Å². The van der Waals surface area contributed by atoms with Crippen LogP contribution in [0.5, 0.6) is 0 Å². The number of carbonyl (C=O) groups excluding carboxylic acids is 1. The number of nitrogens with one attached hydrogen (secondary N) is 1. The molecule has 0 spiro atoms. The maximum absolute atomic E-state index is 12.2. The Bertz CT molecular complexity index is 955. The van der Waals surface area contributed by atoms with Gasteiger partial charge in [-0.15, -0.1) is 0 Å². The Morgan fingerprint density at radius 2 is 1.24 bits per heavy atom. The molecule has 178 valence electrons. The van der Waals surface area contributed by atoms with Gasteiger partial charge >= 0.3 is 5.96 Å². The zero-order chi connectivity index (χ0) is 24.2. The number of amides is 1. The Labute approximate surface area is 204 Å². The van der Waals surface area contributed by atoms with E-state index in [0.717, 1.165) is 25.4 Å². The van der Waals surface area contributed by atoms with Crippen LogP contribution in [0.2, 0.25) is 0 Å². The van der Waals surface area contributed by atoms with Gasteiger partial charge in [-0.3, -0.25) is 20.8 Å². The van der Waals surface area contributed by atoms with E-state index in [-0.39, 0.29) is 11.9 Å². The standard InChI is InChI=1S/C28H35N4OP/c1-32(28(29)30)22-13-20-27(33)31-21-11-12-23-34(24-14-5-2-6-15-24,25-16-7-3-8-17-25)26-18-9-4-10-19-26/h2-10,14-19H,11-13,20-23H2,1H3,(H3-,29,30,31,33)/p+2. The molecule has 6 heteroatoms. The molecule has 0 radical (unpaired) electrons. The Morgan fingerprint density at radius 1 is 0.765 bits per heavy atom. The fourth-order valence-corrected chi connectivity index (χ4v) is 8.69. The highest BCUT2D eigenvalue weighted by Gasteiger charge is 2.44. The van der Waals surface area contributed by atoms with Crippen LogP contribution >= 0.6 is 7.26 Å². The molecule has 5 N–H and O–H groups in total. The van der Waals surface area contributed by atoms with Gasteiger partial charge in [0.05, 0.1) is 19.8 Å². The molecule has 0 aliphatic rings. The van der Waals surface area contributed by atoms with Crippen LogP contribution in [0.3, 0.4) is 0 Å². The normalized spacial score (nSPS) is 11.1. The van der Waals surface area contributed by atoms with Crippen LogP contribution in [0.25, 0.3) is 0 Å². The number of hydrogen-bond donors (Lipinski definition) is 3. The topological polar surface area (TPSA) is 84.1 Å². The van der Waals surface area contributed by atoms with E-state index in [1.165, 1.54) is 15.9 Å². The lowest BCUT2D eigenvalue weighted by molar-refractivity contribution is -0.499. The minimum Gasteiger partial charge on any atom is -0.356 e. The summed E-state index contributed by atoms with van der Waals surface area (Å²) in [6.45, 7) is 1.37. The predicted molar refractivity (Wildman–Crippen MR) is 146 cm³/mol. The van der Waals surface area contributed by atoms with Crippen molar-refractivity contribution in [2.75, 3.05) is 26.3 Å². The Balaban J connectivity index is 1.68. The van der Waals surface area contributed by atoms with Gasteiger partial charge in [-0.25, -0.2) is 0 Å². The molecule has 0 aliphatic carbocycles. The number of nitrogens with two attached hydrogens (primary N) is 2. The van der Waals surface area contributed by atoms with Crippen molar-refractivity contribution < 1.29 is 9.37 Å². The number of guanidine groups is 1. The van der Waals surface area contributed by atoms with Gasteiger partial charge in [0.1, 0.15) is 23.2 Å². The summed E-state index contributed by atoms with van der Waals surface area (Å²) in [7, 11) is 0.0287. The highest BCUT2D eigenvalue weighted by Crippen LogP contribution is 2.55. The molecule has 34 heavy (non-hydrogen) atoms. The monoisotopic (exact) mass is 476 g/mol. The first-order valence-corrected chi connectivity index (χ1v) is 13.9. The zero-order valence-electron chi connectivity index (χ0n) is 20.1. The fraction of sp³-hybridized carbons (Fsp3) is 0.286. The lowest BCUT2D eigenvalue weighted by Gasteiger charge is -2.27. The van der Waals surface area contributed by atoms with Gasteiger partial charge in [-0.1, -0.05) is 54.6 Å². The van der Waals surface area contributed by atoms with E-state index in [1.54, 1.807) is 4.58 Å². The van der Waals surface area contributed by atoms with Gasteiger partial charge in [0.25, 0.3) is 0 Å². The van der Waals surface area contributed by atoms with E-state index in [2.05, 4.69) is 96.3 Å². The number of rotatable bonds is 12. The van der Waals surface area contributed by atoms with Crippen LogP contribution in [0.4, 0.5) is 0 Å². The zero-order valence-corrected chi connectivity index (χ0v) is 21.0. The van der Waals surface area contributed by atoms with Crippen LogP contribution in [-0.2, 0) is 4.79 Å². The molecule has 3 rings (SSSR count). The molecule has 0 unspecified atom stereocenters. The third-order valence-electron chi connectivity index (χ3n) is 6.17. The van der Waals surface area contributed by atoms with E-state index in [9.17, 15) is 4.79 Å². The van der Waals surface area contributed by atoms with E-state index in [0.29, 0.717) is 19.5 Å². The maximum atomic E-state index is 12.2. The van der Waals surface area contributed by atoms with Crippen LogP contribution in [-0.4, -0.2) is 42.7 Å². The van der Waals surface area contributed by atoms with Crippen LogP contribution in [0, 0.1) is 0 Å². The molecule has 3 aromatic carbocycles. The van der Waals surface area contributed by atoms with Crippen molar-refractivity contribution in [3.63, 3.8) is 0 Å². The molecule has 3 aromatic rings. The molecule has 0 saturated carbocycles. The molecule has 5 nitrogen and oxygen atoms in total. The van der Waals surface area contributed by atoms with Crippen molar-refractivity contribution in [3.8, 4) is 0 Å². The summed E-state index contributed by atoms with van der Waals surface area (Å²) >= 11 is 0. The van der Waals surface area contributed by atoms with E-state index < -0.39 is 7.26 Å². The smallest absolute Gasteiger partial charge is 0.340 e. The van der Waals surface area contributed by atoms with Crippen molar-refractivity contribution in [2.24, 2.45) is 11.5 Å². The highest BCUT2D eigenvalue weighted by atomic mass is 31.2. The van der Waals surface area contributed by atoms with Crippen LogP contribution in [0.15, 0.2) is 91.0 Å². The molecule has 0 bridgehead atoms. The average molecular weight is 477 g/mol. The summed E-state index contributed by atoms with van der Waals surface area (Å²) in [5.41, 5.74) is 11.1. The summed E-state index contributed by atoms with van der Waals surface area (Å²) in [6.07, 6.45) is 4.26. The highest BCUT2D eigenvalue weighted by molar-refractivity contribution is 7.95. The molecular formula is C28H37N4OP+2. The minimum absolute atomic E-state index is 0.0826. The SMILES string of the molecule is C[N+](CCCC(=O)NCCCC[P+](c1ccccc1)(c1ccccc1)c1ccccc1)=C(N)N. The third-order valence-corrected chi connectivity index (χ3v) is 10.7. The fourth-order valence-electron chi connectivity index (χ4n) is 4.28. The largest absolute Gasteiger partial charge is 0.356 e. The second-order valence-electron chi connectivity index (χ2n) is 8.55. The summed E-state index contributed by atoms with van der Waals surface area (Å²) in [6, 6.07) is 32.8. The molecule has 0 aliphatic heterocycles. The molecule has 0 saturated heterocycles. The molecule has 0 atom stereocenters. The van der Waals surface area contributed by atoms with E-state index in [4.69, 9.17) is 11.5 Å². The third kappa shape index (κ3) is 6.68. The number of benzene rings is 3. The summed E-state index contributed by atoms with van der Waals surface area (Å²) < 4.78 is 1.76. The van der Waals surface area contributed by atoms with Crippen molar-refractivity contribution >= 4 is 35.0 Å². The number of carbonyl (C=O) groups is 1. The van der Waals surface area contributed by atoms with Gasteiger partial charge in [0, 0.05) is 13.0 Å². The van der Waals surface area contributed by atoms with Crippen molar-refractivity contribution in [1.29, 1.82) is 0 Å². The number of unbranched alkanes of at least 4 members (excludes halogenated alkanes) is 1. The number of hydrogen-bond acceptors (Lipinski definition) is 1. The lowest BCUT2D eigenvalue weighted by Crippen LogP contribution is -2.34. The first-order chi connectivity index (χ1) is 16.5. The van der Waals surface area contributed by atoms with Gasteiger partial charge < -0.3 is 5.32 Å². The lowest BCUT2D eigenvalue weighted by atomic mass is 10.2. The summed E-state index contributed by atoms with van der Waals surface area (Å²) in [5, 5.41) is 7.28. The van der Waals surface area contributed by atoms with Crippen molar-refractivity contribution in [3.05, 3.63) is 91.0 Å². The van der Waals surface area contributed by atoms with Crippen LogP contribution in [0.1, 0.15) is 25.7 Å². The van der Waals surface area contributed by atoms with E-state index in [1.807, 2.05) is 7.05 Å². The minimum atomic E-state index is -1.80. The van der Waals surface area contributed by atoms with Gasteiger partial charge in [-0.2, -0.15) is 0 Å². The second-order valence-corrected chi connectivity index (χ2v) is 12.2. The summed E-state index contributed by atoms with van der Waals surface area (Å²) in [4.78, 5) is 12.2. The van der Waals surface area contributed by atoms with Gasteiger partial charge in [0.2, 0.25) is 5.91 Å². The quantitative estimate of drug-likeness (QED) is 0.124. The predicted octanol–water partition coefficient (Wildman–Crippen LogP) is 2.57. The molecular weight excluding hydrogens is 439 g/mol. The van der Waals surface area contributed by atoms with Crippen molar-refractivity contribution in [1.82, 2.24) is 5.32 Å². The first kappa shape index (κ1) is 25.5. The average Bonchev–Trinajstić information content (AvgIpc) is 2.88. The molecule has 0 aromatic heterocycles. The molecule has 1 amide bonds. The van der Waals surface area contributed by atoms with Gasteiger partial charge in [-0.05, 0) is 55.7 Å². The van der Waals surface area contributed by atoms with Gasteiger partial charge in [0.15, 0.2) is 0 Å². The maximum Gasteiger partial charge on any atom is 0.340 e. The molecule has 0 fully saturated rings.